The molecule has 0 fully saturated rings. The second-order valence-electron chi connectivity index (χ2n) is 7.35. The number of benzene rings is 2. The highest BCUT2D eigenvalue weighted by Gasteiger charge is 2.12. The van der Waals surface area contributed by atoms with Crippen LogP contribution >= 0.6 is 11.3 Å². The van der Waals surface area contributed by atoms with Crippen molar-refractivity contribution in [2.45, 2.75) is 13.3 Å². The number of furan rings is 1. The normalized spacial score (nSPS) is 12.0. The summed E-state index contributed by atoms with van der Waals surface area (Å²) in [5.74, 6) is 0.677. The number of hydrogen-bond acceptors (Lipinski definition) is 6. The van der Waals surface area contributed by atoms with Crippen molar-refractivity contribution in [2.75, 3.05) is 0 Å². The quantitative estimate of drug-likeness (QED) is 0.424. The van der Waals surface area contributed by atoms with Crippen molar-refractivity contribution in [3.05, 3.63) is 114 Å². The number of aromatic nitrogens is 3. The molecule has 32 heavy (non-hydrogen) atoms. The van der Waals surface area contributed by atoms with E-state index in [4.69, 9.17) is 4.42 Å². The maximum absolute atomic E-state index is 13.1. The van der Waals surface area contributed by atoms with Crippen LogP contribution in [0.2, 0.25) is 0 Å². The SMILES string of the molecule is Cc1ccc(Cc2nn3c(=O)/c(=C/c4ccc(-c5ccc(F)cc5)o4)sc3nc2=O)cc1. The first-order valence-electron chi connectivity index (χ1n) is 9.82. The van der Waals surface area contributed by atoms with Gasteiger partial charge < -0.3 is 4.42 Å². The first-order chi connectivity index (χ1) is 15.5. The molecule has 0 aliphatic heterocycles. The van der Waals surface area contributed by atoms with Gasteiger partial charge in [-0.05, 0) is 48.9 Å². The third-order valence-corrected chi connectivity index (χ3v) is 5.93. The van der Waals surface area contributed by atoms with E-state index in [9.17, 15) is 14.0 Å². The van der Waals surface area contributed by atoms with Gasteiger partial charge in [0, 0.05) is 18.1 Å². The zero-order chi connectivity index (χ0) is 22.2. The van der Waals surface area contributed by atoms with E-state index >= 15 is 0 Å². The Morgan fingerprint density at radius 2 is 1.78 bits per heavy atom. The summed E-state index contributed by atoms with van der Waals surface area (Å²) in [7, 11) is 0. The zero-order valence-electron chi connectivity index (χ0n) is 16.9. The monoisotopic (exact) mass is 445 g/mol. The Bertz CT molecular complexity index is 1600. The molecule has 2 aromatic carbocycles. The molecule has 0 aliphatic rings. The van der Waals surface area contributed by atoms with Crippen LogP contribution in [0.15, 0.2) is 74.7 Å². The lowest BCUT2D eigenvalue weighted by Gasteiger charge is -2.01. The lowest BCUT2D eigenvalue weighted by Crippen LogP contribution is -2.28. The average Bonchev–Trinajstić information content (AvgIpc) is 3.36. The summed E-state index contributed by atoms with van der Waals surface area (Å²) in [4.78, 5) is 29.6. The number of hydrogen-bond donors (Lipinski definition) is 0. The zero-order valence-corrected chi connectivity index (χ0v) is 17.7. The fourth-order valence-electron chi connectivity index (χ4n) is 3.28. The molecule has 0 unspecified atom stereocenters. The minimum absolute atomic E-state index is 0.212. The number of rotatable bonds is 4. The van der Waals surface area contributed by atoms with Crippen LogP contribution in [0.1, 0.15) is 22.6 Å². The third-order valence-electron chi connectivity index (χ3n) is 4.97. The molecule has 6 nitrogen and oxygen atoms in total. The maximum atomic E-state index is 13.1. The summed E-state index contributed by atoms with van der Waals surface area (Å²) in [6.45, 7) is 1.99. The first-order valence-corrected chi connectivity index (χ1v) is 10.6. The molecule has 0 amide bonds. The molecule has 0 atom stereocenters. The highest BCUT2D eigenvalue weighted by molar-refractivity contribution is 7.15. The highest BCUT2D eigenvalue weighted by Crippen LogP contribution is 2.22. The van der Waals surface area contributed by atoms with Gasteiger partial charge in [-0.1, -0.05) is 41.2 Å². The molecule has 158 valence electrons. The van der Waals surface area contributed by atoms with Crippen molar-refractivity contribution in [1.29, 1.82) is 0 Å². The average molecular weight is 445 g/mol. The first kappa shape index (κ1) is 20.0. The summed E-state index contributed by atoms with van der Waals surface area (Å²) in [6.07, 6.45) is 1.88. The maximum Gasteiger partial charge on any atom is 0.296 e. The van der Waals surface area contributed by atoms with E-state index < -0.39 is 5.56 Å². The smallest absolute Gasteiger partial charge is 0.296 e. The van der Waals surface area contributed by atoms with E-state index in [1.54, 1.807) is 30.3 Å². The van der Waals surface area contributed by atoms with Crippen molar-refractivity contribution < 1.29 is 8.81 Å². The molecule has 0 saturated heterocycles. The van der Waals surface area contributed by atoms with E-state index in [2.05, 4.69) is 10.1 Å². The fraction of sp³-hybridized carbons (Fsp3) is 0.0833. The fourth-order valence-corrected chi connectivity index (χ4v) is 4.16. The summed E-state index contributed by atoms with van der Waals surface area (Å²) in [5.41, 5.74) is 2.15. The highest BCUT2D eigenvalue weighted by atomic mass is 32.1. The molecule has 3 aromatic heterocycles. The van der Waals surface area contributed by atoms with Gasteiger partial charge in [-0.15, -0.1) is 0 Å². The molecule has 8 heteroatoms. The van der Waals surface area contributed by atoms with Gasteiger partial charge in [0.15, 0.2) is 0 Å². The van der Waals surface area contributed by atoms with Crippen molar-refractivity contribution in [3.63, 3.8) is 0 Å². The van der Waals surface area contributed by atoms with Gasteiger partial charge in [-0.3, -0.25) is 9.59 Å². The molecular weight excluding hydrogens is 429 g/mol. The van der Waals surface area contributed by atoms with Gasteiger partial charge in [0.25, 0.3) is 11.1 Å². The lowest BCUT2D eigenvalue weighted by molar-refractivity contribution is 0.571. The number of fused-ring (bicyclic) bond motifs is 1. The van der Waals surface area contributed by atoms with Gasteiger partial charge >= 0.3 is 0 Å². The third kappa shape index (κ3) is 3.88. The van der Waals surface area contributed by atoms with E-state index in [-0.39, 0.29) is 22.0 Å². The van der Waals surface area contributed by atoms with E-state index in [1.165, 1.54) is 12.1 Å². The minimum atomic E-state index is -0.449. The largest absolute Gasteiger partial charge is 0.457 e. The van der Waals surface area contributed by atoms with Crippen molar-refractivity contribution in [1.82, 2.24) is 14.6 Å². The number of halogens is 1. The second kappa shape index (κ2) is 7.97. The summed E-state index contributed by atoms with van der Waals surface area (Å²) in [6, 6.07) is 17.2. The Morgan fingerprint density at radius 1 is 1.03 bits per heavy atom. The van der Waals surface area contributed by atoms with Crippen LogP contribution in [0.5, 0.6) is 0 Å². The van der Waals surface area contributed by atoms with Gasteiger partial charge in [-0.25, -0.2) is 4.39 Å². The Hall–Kier alpha value is -3.91. The molecule has 0 N–H and O–H groups in total. The number of thiazole rings is 1. The predicted molar refractivity (Wildman–Crippen MR) is 120 cm³/mol. The predicted octanol–water partition coefficient (Wildman–Crippen LogP) is 3.36. The van der Waals surface area contributed by atoms with Gasteiger partial charge in [0.2, 0.25) is 4.96 Å². The molecule has 5 rings (SSSR count). The summed E-state index contributed by atoms with van der Waals surface area (Å²) < 4.78 is 20.4. The molecule has 0 saturated carbocycles. The van der Waals surface area contributed by atoms with Crippen LogP contribution < -0.4 is 15.7 Å². The van der Waals surface area contributed by atoms with Crippen molar-refractivity contribution in [2.24, 2.45) is 0 Å². The molecule has 0 bridgehead atoms. The lowest BCUT2D eigenvalue weighted by atomic mass is 10.1. The van der Waals surface area contributed by atoms with Gasteiger partial charge in [0.05, 0.1) is 0 Å². The molecule has 5 aromatic rings. The van der Waals surface area contributed by atoms with Crippen LogP contribution in [-0.2, 0) is 6.42 Å². The van der Waals surface area contributed by atoms with Crippen molar-refractivity contribution in [3.8, 4) is 11.3 Å². The Labute approximate surface area is 184 Å². The van der Waals surface area contributed by atoms with E-state index in [0.717, 1.165) is 32.5 Å². The Kier molecular flexibility index (Phi) is 4.99. The van der Waals surface area contributed by atoms with Crippen LogP contribution in [0, 0.1) is 12.7 Å². The van der Waals surface area contributed by atoms with Gasteiger partial charge in [-0.2, -0.15) is 14.6 Å². The molecule has 3 heterocycles. The van der Waals surface area contributed by atoms with E-state index in [0.29, 0.717) is 22.5 Å². The topological polar surface area (TPSA) is 77.5 Å². The number of nitrogens with zero attached hydrogens (tertiary/aromatic N) is 3. The van der Waals surface area contributed by atoms with Crippen LogP contribution in [-0.4, -0.2) is 14.6 Å². The standard InChI is InChI=1S/C24H16FN3O3S/c1-14-2-4-15(5-3-14)12-19-22(29)26-24-28(27-19)23(30)21(32-24)13-18-10-11-20(31-18)16-6-8-17(25)9-7-16/h2-11,13H,12H2,1H3/b21-13-. The molecule has 0 radical (unpaired) electrons. The second-order valence-corrected chi connectivity index (χ2v) is 8.35. The van der Waals surface area contributed by atoms with Crippen LogP contribution in [0.25, 0.3) is 22.4 Å². The van der Waals surface area contributed by atoms with Gasteiger partial charge in [0.1, 0.15) is 27.6 Å². The number of aryl methyl sites for hydroxylation is 1. The van der Waals surface area contributed by atoms with Crippen LogP contribution in [0.4, 0.5) is 4.39 Å². The molecular formula is C24H16FN3O3S. The Balaban J connectivity index is 1.51. The van der Waals surface area contributed by atoms with E-state index in [1.807, 2.05) is 31.2 Å². The molecule has 0 spiro atoms. The van der Waals surface area contributed by atoms with Crippen molar-refractivity contribution >= 4 is 22.4 Å². The Morgan fingerprint density at radius 3 is 2.53 bits per heavy atom. The minimum Gasteiger partial charge on any atom is -0.457 e. The summed E-state index contributed by atoms with van der Waals surface area (Å²) in [5, 5.41) is 4.27. The molecule has 0 aliphatic carbocycles. The summed E-state index contributed by atoms with van der Waals surface area (Å²) >= 11 is 1.07. The van der Waals surface area contributed by atoms with Crippen LogP contribution in [0.3, 0.4) is 0 Å².